The van der Waals surface area contributed by atoms with Gasteiger partial charge in [-0.2, -0.15) is 5.26 Å². The summed E-state index contributed by atoms with van der Waals surface area (Å²) in [5.74, 6) is 1.65. The first-order chi connectivity index (χ1) is 12.7. The zero-order valence-corrected chi connectivity index (χ0v) is 14.7. The quantitative estimate of drug-likeness (QED) is 0.771. The number of anilines is 2. The van der Waals surface area contributed by atoms with E-state index in [2.05, 4.69) is 36.6 Å². The van der Waals surface area contributed by atoms with E-state index in [9.17, 15) is 4.79 Å². The van der Waals surface area contributed by atoms with Gasteiger partial charge >= 0.3 is 0 Å². The largest absolute Gasteiger partial charge is 0.368 e. The molecule has 3 rings (SSSR count). The number of amides is 1. The highest BCUT2D eigenvalue weighted by Gasteiger charge is 2.19. The average molecular weight is 351 g/mol. The Hall–Kier alpha value is -3.21. The highest BCUT2D eigenvalue weighted by Crippen LogP contribution is 2.22. The van der Waals surface area contributed by atoms with Crippen molar-refractivity contribution in [2.24, 2.45) is 0 Å². The molecular weight excluding hydrogens is 330 g/mol. The molecule has 2 aromatic heterocycles. The second kappa shape index (κ2) is 8.25. The Kier molecular flexibility index (Phi) is 5.59. The van der Waals surface area contributed by atoms with Gasteiger partial charge < -0.3 is 15.5 Å². The van der Waals surface area contributed by atoms with Crippen molar-refractivity contribution in [3.8, 4) is 6.07 Å². The fraction of sp³-hybridized carbons (Fsp3) is 0.389. The molecule has 0 unspecified atom stereocenters. The van der Waals surface area contributed by atoms with Crippen LogP contribution in [0.5, 0.6) is 0 Å². The monoisotopic (exact) mass is 351 g/mol. The lowest BCUT2D eigenvalue weighted by molar-refractivity contribution is -0.118. The highest BCUT2D eigenvalue weighted by atomic mass is 16.1. The van der Waals surface area contributed by atoms with Crippen LogP contribution >= 0.6 is 0 Å². The van der Waals surface area contributed by atoms with Crippen molar-refractivity contribution in [2.45, 2.75) is 19.8 Å². The Morgan fingerprint density at radius 2 is 2.08 bits per heavy atom. The molecule has 2 N–H and O–H groups in total. The Labute approximate surface area is 152 Å². The number of pyridine rings is 1. The number of hydrogen-bond acceptors (Lipinski definition) is 7. The molecule has 0 fully saturated rings. The Morgan fingerprint density at radius 1 is 1.23 bits per heavy atom. The van der Waals surface area contributed by atoms with E-state index in [1.54, 1.807) is 18.6 Å². The lowest BCUT2D eigenvalue weighted by atomic mass is 10.1. The molecule has 8 nitrogen and oxygen atoms in total. The Balaban J connectivity index is 1.67. The van der Waals surface area contributed by atoms with Gasteiger partial charge in [-0.3, -0.25) is 4.79 Å². The molecule has 1 amide bonds. The maximum Gasteiger partial charge on any atom is 0.216 e. The summed E-state index contributed by atoms with van der Waals surface area (Å²) in [6, 6.07) is 5.76. The van der Waals surface area contributed by atoms with Crippen LogP contribution in [0.15, 0.2) is 24.7 Å². The van der Waals surface area contributed by atoms with E-state index in [0.717, 1.165) is 48.8 Å². The second-order valence-corrected chi connectivity index (χ2v) is 6.06. The van der Waals surface area contributed by atoms with Crippen LogP contribution in [0, 0.1) is 11.3 Å². The zero-order chi connectivity index (χ0) is 18.4. The molecule has 8 heteroatoms. The minimum Gasteiger partial charge on any atom is -0.368 e. The normalized spacial score (nSPS) is 13.3. The lowest BCUT2D eigenvalue weighted by Gasteiger charge is -2.21. The molecule has 0 saturated heterocycles. The summed E-state index contributed by atoms with van der Waals surface area (Å²) in [5, 5.41) is 15.0. The van der Waals surface area contributed by atoms with Gasteiger partial charge in [0.05, 0.1) is 11.3 Å². The SMILES string of the molecule is CC(=O)NCCNc1ncnc2c1CCN(c1ccc(C#N)cn1)CC2. The van der Waals surface area contributed by atoms with Gasteiger partial charge in [-0.15, -0.1) is 0 Å². The minimum atomic E-state index is -0.0427. The molecule has 0 radical (unpaired) electrons. The summed E-state index contributed by atoms with van der Waals surface area (Å²) in [7, 11) is 0. The Bertz CT molecular complexity index is 813. The van der Waals surface area contributed by atoms with Crippen LogP contribution in [-0.2, 0) is 17.6 Å². The molecule has 0 saturated carbocycles. The first-order valence-electron chi connectivity index (χ1n) is 8.59. The van der Waals surface area contributed by atoms with Gasteiger partial charge in [-0.05, 0) is 18.6 Å². The summed E-state index contributed by atoms with van der Waals surface area (Å²) in [6.07, 6.45) is 4.79. The fourth-order valence-electron chi connectivity index (χ4n) is 2.97. The summed E-state index contributed by atoms with van der Waals surface area (Å²) in [5.41, 5.74) is 2.72. The van der Waals surface area contributed by atoms with Gasteiger partial charge in [0.15, 0.2) is 0 Å². The van der Waals surface area contributed by atoms with E-state index in [-0.39, 0.29) is 5.91 Å². The fourth-order valence-corrected chi connectivity index (χ4v) is 2.97. The predicted octanol–water partition coefficient (Wildman–Crippen LogP) is 0.896. The van der Waals surface area contributed by atoms with Gasteiger partial charge in [-0.25, -0.2) is 15.0 Å². The van der Waals surface area contributed by atoms with E-state index in [0.29, 0.717) is 18.7 Å². The van der Waals surface area contributed by atoms with Crippen LogP contribution in [0.25, 0.3) is 0 Å². The number of nitrogens with one attached hydrogen (secondary N) is 2. The molecule has 134 valence electrons. The van der Waals surface area contributed by atoms with Crippen molar-refractivity contribution in [3.05, 3.63) is 41.5 Å². The van der Waals surface area contributed by atoms with Crippen LogP contribution in [0.4, 0.5) is 11.6 Å². The molecule has 26 heavy (non-hydrogen) atoms. The first kappa shape index (κ1) is 17.6. The number of carbonyl (C=O) groups excluding carboxylic acids is 1. The number of carbonyl (C=O) groups is 1. The van der Waals surface area contributed by atoms with Crippen LogP contribution in [0.1, 0.15) is 23.7 Å². The number of rotatable bonds is 5. The Morgan fingerprint density at radius 3 is 2.81 bits per heavy atom. The molecule has 1 aliphatic rings. The van der Waals surface area contributed by atoms with E-state index in [1.807, 2.05) is 6.07 Å². The van der Waals surface area contributed by atoms with Crippen LogP contribution in [-0.4, -0.2) is 47.0 Å². The number of aromatic nitrogens is 3. The predicted molar refractivity (Wildman–Crippen MR) is 97.8 cm³/mol. The molecule has 0 aliphatic carbocycles. The first-order valence-corrected chi connectivity index (χ1v) is 8.59. The van der Waals surface area contributed by atoms with Gasteiger partial charge in [0.25, 0.3) is 0 Å². The van der Waals surface area contributed by atoms with Crippen molar-refractivity contribution in [1.82, 2.24) is 20.3 Å². The van der Waals surface area contributed by atoms with E-state index in [1.165, 1.54) is 6.92 Å². The molecule has 2 aromatic rings. The van der Waals surface area contributed by atoms with E-state index < -0.39 is 0 Å². The highest BCUT2D eigenvalue weighted by molar-refractivity contribution is 5.72. The van der Waals surface area contributed by atoms with Crippen LogP contribution in [0.2, 0.25) is 0 Å². The molecule has 0 spiro atoms. The van der Waals surface area contributed by atoms with E-state index >= 15 is 0 Å². The zero-order valence-electron chi connectivity index (χ0n) is 14.7. The molecule has 1 aliphatic heterocycles. The third kappa shape index (κ3) is 4.25. The molecular formula is C18H21N7O. The molecule has 0 atom stereocenters. The van der Waals surface area contributed by atoms with Crippen LogP contribution in [0.3, 0.4) is 0 Å². The van der Waals surface area contributed by atoms with Crippen molar-refractivity contribution in [1.29, 1.82) is 5.26 Å². The smallest absolute Gasteiger partial charge is 0.216 e. The van der Waals surface area contributed by atoms with Crippen molar-refractivity contribution in [2.75, 3.05) is 36.4 Å². The number of hydrogen-bond donors (Lipinski definition) is 2. The molecule has 0 bridgehead atoms. The van der Waals surface area contributed by atoms with Gasteiger partial charge in [0.1, 0.15) is 24.0 Å². The van der Waals surface area contributed by atoms with Crippen molar-refractivity contribution < 1.29 is 4.79 Å². The summed E-state index contributed by atoms with van der Waals surface area (Å²) >= 11 is 0. The van der Waals surface area contributed by atoms with Crippen LogP contribution < -0.4 is 15.5 Å². The summed E-state index contributed by atoms with van der Waals surface area (Å²) in [4.78, 5) is 26.3. The maximum atomic E-state index is 11.0. The van der Waals surface area contributed by atoms with Gasteiger partial charge in [-0.1, -0.05) is 0 Å². The second-order valence-electron chi connectivity index (χ2n) is 6.06. The topological polar surface area (TPSA) is 107 Å². The standard InChI is InChI=1S/C18H21N7O/c1-13(26)20-6-7-21-18-15-4-8-25(9-5-16(15)23-12-24-18)17-3-2-14(10-19)11-22-17/h2-3,11-12H,4-9H2,1H3,(H,20,26)(H,21,23,24). The third-order valence-electron chi connectivity index (χ3n) is 4.28. The number of nitriles is 1. The molecule has 0 aromatic carbocycles. The molecule has 3 heterocycles. The third-order valence-corrected chi connectivity index (χ3v) is 4.28. The van der Waals surface area contributed by atoms with Crippen molar-refractivity contribution >= 4 is 17.5 Å². The van der Waals surface area contributed by atoms with Gasteiger partial charge in [0, 0.05) is 51.3 Å². The number of fused-ring (bicyclic) bond motifs is 1. The summed E-state index contributed by atoms with van der Waals surface area (Å²) < 4.78 is 0. The minimum absolute atomic E-state index is 0.0427. The van der Waals surface area contributed by atoms with Crippen molar-refractivity contribution in [3.63, 3.8) is 0 Å². The average Bonchev–Trinajstić information content (AvgIpc) is 2.88. The maximum absolute atomic E-state index is 11.0. The van der Waals surface area contributed by atoms with E-state index in [4.69, 9.17) is 5.26 Å². The number of nitrogens with zero attached hydrogens (tertiary/aromatic N) is 5. The van der Waals surface area contributed by atoms with Gasteiger partial charge in [0.2, 0.25) is 5.91 Å². The summed E-state index contributed by atoms with van der Waals surface area (Å²) in [6.45, 7) is 4.29. The lowest BCUT2D eigenvalue weighted by Crippen LogP contribution is -2.27.